The first kappa shape index (κ1) is 12.8. The summed E-state index contributed by atoms with van der Waals surface area (Å²) in [5.41, 5.74) is 9.89. The minimum atomic E-state index is 0.935. The highest BCUT2D eigenvalue weighted by Crippen LogP contribution is 2.33. The van der Waals surface area contributed by atoms with Crippen LogP contribution in [0.15, 0.2) is 66.7 Å². The number of fused-ring (bicyclic) bond motifs is 4. The van der Waals surface area contributed by atoms with E-state index in [1.54, 1.807) is 0 Å². The molecule has 0 saturated carbocycles. The van der Waals surface area contributed by atoms with Crippen LogP contribution in [-0.2, 0) is 19.4 Å². The van der Waals surface area contributed by atoms with E-state index in [0.29, 0.717) is 0 Å². The molecule has 0 N–H and O–H groups in total. The molecule has 5 rings (SSSR count). The first-order valence-corrected chi connectivity index (χ1v) is 8.18. The Morgan fingerprint density at radius 3 is 2.22 bits per heavy atom. The van der Waals surface area contributed by atoms with Gasteiger partial charge in [-0.2, -0.15) is 0 Å². The van der Waals surface area contributed by atoms with Crippen molar-refractivity contribution >= 4 is 11.9 Å². The van der Waals surface area contributed by atoms with Crippen LogP contribution in [0.5, 0.6) is 0 Å². The second kappa shape index (κ2) is 4.92. The van der Waals surface area contributed by atoms with Crippen molar-refractivity contribution in [2.45, 2.75) is 19.4 Å². The summed E-state index contributed by atoms with van der Waals surface area (Å²) in [6, 6.07) is 23.9. The summed E-state index contributed by atoms with van der Waals surface area (Å²) in [6.45, 7) is 0.935. The Morgan fingerprint density at radius 2 is 1.39 bits per heavy atom. The summed E-state index contributed by atoms with van der Waals surface area (Å²) in [5, 5.41) is 0. The highest BCUT2D eigenvalue weighted by Gasteiger charge is 2.22. The fourth-order valence-corrected chi connectivity index (χ4v) is 3.82. The molecule has 0 atom stereocenters. The van der Waals surface area contributed by atoms with Crippen molar-refractivity contribution in [1.82, 2.24) is 0 Å². The average Bonchev–Trinajstić information content (AvgIpc) is 3.05. The van der Waals surface area contributed by atoms with Gasteiger partial charge in [0.05, 0.1) is 0 Å². The molecule has 1 nitrogen and oxygen atoms in total. The topological polar surface area (TPSA) is 3.01 Å². The molecule has 2 aliphatic rings. The van der Waals surface area contributed by atoms with Crippen LogP contribution in [0.3, 0.4) is 0 Å². The molecule has 1 heterocycles. The summed E-state index contributed by atoms with van der Waals surface area (Å²) >= 11 is 0. The Labute approximate surface area is 136 Å². The van der Waals surface area contributed by atoms with Crippen molar-refractivity contribution < 1.29 is 4.58 Å². The van der Waals surface area contributed by atoms with E-state index in [4.69, 9.17) is 0 Å². The lowest BCUT2D eigenvalue weighted by atomic mass is 9.83. The smallest absolute Gasteiger partial charge is 0.153 e. The molecule has 0 fully saturated rings. The quantitative estimate of drug-likeness (QED) is 0.363. The summed E-state index contributed by atoms with van der Waals surface area (Å²) in [5.74, 6) is 0. The van der Waals surface area contributed by atoms with E-state index in [-0.39, 0.29) is 0 Å². The minimum absolute atomic E-state index is 0.935. The molecule has 1 heteroatoms. The summed E-state index contributed by atoms with van der Waals surface area (Å²) in [4.78, 5) is 0. The maximum Gasteiger partial charge on any atom is 0.153 e. The molecule has 0 spiro atoms. The molecule has 0 aromatic heterocycles. The SMILES string of the molecule is [C-]1=[N+](c2ccccc2)Cc2c1ccc1c2Cc2ccccc2C1. The van der Waals surface area contributed by atoms with Gasteiger partial charge >= 0.3 is 0 Å². The predicted octanol–water partition coefficient (Wildman–Crippen LogP) is 4.34. The highest BCUT2D eigenvalue weighted by molar-refractivity contribution is 5.82. The third-order valence-electron chi connectivity index (χ3n) is 5.03. The number of benzene rings is 3. The zero-order chi connectivity index (χ0) is 15.2. The van der Waals surface area contributed by atoms with Crippen molar-refractivity contribution in [1.29, 1.82) is 0 Å². The maximum absolute atomic E-state index is 3.56. The number of hydrogen-bond acceptors (Lipinski definition) is 0. The van der Waals surface area contributed by atoms with Gasteiger partial charge in [0.15, 0.2) is 6.21 Å². The minimum Gasteiger partial charge on any atom is -0.279 e. The van der Waals surface area contributed by atoms with E-state index in [1.807, 2.05) is 0 Å². The lowest BCUT2D eigenvalue weighted by molar-refractivity contribution is -0.447. The largest absolute Gasteiger partial charge is 0.279 e. The molecule has 1 aliphatic carbocycles. The van der Waals surface area contributed by atoms with Crippen molar-refractivity contribution in [3.8, 4) is 0 Å². The van der Waals surface area contributed by atoms with Gasteiger partial charge in [-0.1, -0.05) is 59.2 Å². The third-order valence-corrected chi connectivity index (χ3v) is 5.03. The number of hydrogen-bond donors (Lipinski definition) is 0. The second-order valence-corrected chi connectivity index (χ2v) is 6.39. The van der Waals surface area contributed by atoms with Gasteiger partial charge in [-0.3, -0.25) is 4.58 Å². The van der Waals surface area contributed by atoms with E-state index in [9.17, 15) is 0 Å². The Balaban J connectivity index is 1.56. The Hall–Kier alpha value is -2.67. The molecule has 110 valence electrons. The van der Waals surface area contributed by atoms with E-state index in [1.165, 1.54) is 39.1 Å². The van der Waals surface area contributed by atoms with Crippen LogP contribution in [0.4, 0.5) is 5.69 Å². The molecule has 3 aromatic carbocycles. The van der Waals surface area contributed by atoms with Crippen LogP contribution in [0.25, 0.3) is 0 Å². The van der Waals surface area contributed by atoms with Crippen molar-refractivity contribution in [2.24, 2.45) is 0 Å². The Kier molecular flexibility index (Phi) is 2.75. The van der Waals surface area contributed by atoms with E-state index < -0.39 is 0 Å². The van der Waals surface area contributed by atoms with Gasteiger partial charge in [0.1, 0.15) is 12.2 Å². The lowest BCUT2D eigenvalue weighted by Gasteiger charge is -2.23. The van der Waals surface area contributed by atoms with Crippen LogP contribution < -0.4 is 0 Å². The van der Waals surface area contributed by atoms with Crippen LogP contribution in [0.1, 0.15) is 33.4 Å². The number of nitrogens with zero attached hydrogens (tertiary/aromatic N) is 1. The molecule has 0 unspecified atom stereocenters. The van der Waals surface area contributed by atoms with Gasteiger partial charge in [0, 0.05) is 0 Å². The van der Waals surface area contributed by atoms with Crippen LogP contribution in [0, 0.1) is 0 Å². The third kappa shape index (κ3) is 2.04. The summed E-state index contributed by atoms with van der Waals surface area (Å²) < 4.78 is 2.24. The molecule has 23 heavy (non-hydrogen) atoms. The number of para-hydroxylation sites is 1. The predicted molar refractivity (Wildman–Crippen MR) is 92.7 cm³/mol. The standard InChI is InChI=1S/C22H17N/c1-2-8-20(9-3-1)23-14-19-11-10-18-12-16-6-4-5-7-17(16)13-21(18)22(19)15-23/h1-11H,12-13,15H2. The molecular weight excluding hydrogens is 278 g/mol. The highest BCUT2D eigenvalue weighted by atomic mass is 15.0. The molecule has 0 radical (unpaired) electrons. The number of rotatable bonds is 1. The zero-order valence-corrected chi connectivity index (χ0v) is 12.9. The fourth-order valence-electron chi connectivity index (χ4n) is 3.82. The molecule has 0 amide bonds. The van der Waals surface area contributed by atoms with Gasteiger partial charge in [-0.05, 0) is 41.7 Å². The first-order chi connectivity index (χ1) is 11.4. The van der Waals surface area contributed by atoms with Gasteiger partial charge in [-0.15, -0.1) is 12.1 Å². The van der Waals surface area contributed by atoms with Gasteiger partial charge in [0.2, 0.25) is 0 Å². The zero-order valence-electron chi connectivity index (χ0n) is 12.9. The molecule has 0 bridgehead atoms. The van der Waals surface area contributed by atoms with Gasteiger partial charge < -0.3 is 0 Å². The van der Waals surface area contributed by atoms with E-state index in [2.05, 4.69) is 77.5 Å². The van der Waals surface area contributed by atoms with E-state index in [0.717, 1.165) is 19.4 Å². The fraction of sp³-hybridized carbons (Fsp3) is 0.136. The summed E-state index contributed by atoms with van der Waals surface area (Å²) in [6.07, 6.45) is 5.67. The van der Waals surface area contributed by atoms with Crippen LogP contribution in [-0.4, -0.2) is 10.8 Å². The molecule has 3 aromatic rings. The van der Waals surface area contributed by atoms with Gasteiger partial charge in [-0.25, -0.2) is 0 Å². The van der Waals surface area contributed by atoms with E-state index >= 15 is 0 Å². The van der Waals surface area contributed by atoms with Crippen molar-refractivity contribution in [3.05, 3.63) is 100 Å². The monoisotopic (exact) mass is 295 g/mol. The maximum atomic E-state index is 3.56. The Bertz CT molecular complexity index is 935. The average molecular weight is 295 g/mol. The van der Waals surface area contributed by atoms with Crippen molar-refractivity contribution in [3.63, 3.8) is 0 Å². The normalized spacial score (nSPS) is 14.7. The molecular formula is C22H17N. The first-order valence-electron chi connectivity index (χ1n) is 8.18. The Morgan fingerprint density at radius 1 is 0.652 bits per heavy atom. The van der Waals surface area contributed by atoms with Crippen molar-refractivity contribution in [2.75, 3.05) is 0 Å². The van der Waals surface area contributed by atoms with Crippen LogP contribution >= 0.6 is 0 Å². The summed E-state index contributed by atoms with van der Waals surface area (Å²) in [7, 11) is 0. The molecule has 1 aliphatic heterocycles. The second-order valence-electron chi connectivity index (χ2n) is 6.39. The van der Waals surface area contributed by atoms with Gasteiger partial charge in [0.25, 0.3) is 0 Å². The van der Waals surface area contributed by atoms with Crippen LogP contribution in [0.2, 0.25) is 0 Å². The lowest BCUT2D eigenvalue weighted by Crippen LogP contribution is -2.11. The molecule has 0 saturated heterocycles.